The Hall–Kier alpha value is -1.72. The highest BCUT2D eigenvalue weighted by Gasteiger charge is 2.42. The average molecular weight is 317 g/mol. The minimum atomic E-state index is -0.823. The molecule has 2 aromatic rings. The van der Waals surface area contributed by atoms with Crippen molar-refractivity contribution < 1.29 is 14.6 Å². The van der Waals surface area contributed by atoms with Gasteiger partial charge in [0.05, 0.1) is 23.6 Å². The number of fused-ring (bicyclic) bond motifs is 1. The molecule has 0 aliphatic carbocycles. The quantitative estimate of drug-likeness (QED) is 0.910. The number of benzene rings is 1. The monoisotopic (exact) mass is 317 g/mol. The summed E-state index contributed by atoms with van der Waals surface area (Å²) >= 11 is 1.58. The van der Waals surface area contributed by atoms with Crippen LogP contribution in [0.25, 0.3) is 10.6 Å². The highest BCUT2D eigenvalue weighted by atomic mass is 32.1. The van der Waals surface area contributed by atoms with Crippen molar-refractivity contribution in [1.82, 2.24) is 4.98 Å². The molecule has 3 rings (SSSR count). The maximum atomic E-state index is 11.3. The molecule has 1 unspecified atom stereocenters. The third-order valence-electron chi connectivity index (χ3n) is 3.94. The first-order valence-electron chi connectivity index (χ1n) is 7.56. The Bertz CT molecular complexity index is 668. The predicted molar refractivity (Wildman–Crippen MR) is 86.0 cm³/mol. The summed E-state index contributed by atoms with van der Waals surface area (Å²) < 4.78 is 5.98. The number of aromatic nitrogens is 1. The van der Waals surface area contributed by atoms with Crippen molar-refractivity contribution in [3.05, 3.63) is 40.9 Å². The topological polar surface area (TPSA) is 59.4 Å². The van der Waals surface area contributed by atoms with Gasteiger partial charge in [-0.15, -0.1) is 11.3 Å². The number of thiazole rings is 1. The largest absolute Gasteiger partial charge is 0.481 e. The van der Waals surface area contributed by atoms with Crippen molar-refractivity contribution in [3.8, 4) is 10.6 Å². The number of nitrogens with zero attached hydrogens (tertiary/aromatic N) is 1. The number of aliphatic carboxylic acids is 1. The summed E-state index contributed by atoms with van der Waals surface area (Å²) in [4.78, 5) is 17.1. The number of carbonyl (C=O) groups is 1. The second-order valence-electron chi connectivity index (χ2n) is 5.57. The molecule has 116 valence electrons. The maximum Gasteiger partial charge on any atom is 0.306 e. The normalized spacial score (nSPS) is 20.6. The van der Waals surface area contributed by atoms with Crippen LogP contribution in [0.3, 0.4) is 0 Å². The van der Waals surface area contributed by atoms with Gasteiger partial charge < -0.3 is 9.84 Å². The van der Waals surface area contributed by atoms with Crippen LogP contribution in [-0.4, -0.2) is 22.7 Å². The van der Waals surface area contributed by atoms with E-state index in [1.54, 1.807) is 11.3 Å². The Morgan fingerprint density at radius 2 is 2.18 bits per heavy atom. The fourth-order valence-corrected chi connectivity index (χ4v) is 4.33. The molecule has 4 nitrogen and oxygen atoms in total. The van der Waals surface area contributed by atoms with E-state index in [9.17, 15) is 9.90 Å². The van der Waals surface area contributed by atoms with Crippen molar-refractivity contribution in [1.29, 1.82) is 0 Å². The minimum absolute atomic E-state index is 0.00423. The Labute approximate surface area is 133 Å². The standard InChI is InChI=1S/C17H19NO3S/c1-2-9-17(11-14(19)20)15-13(8-10-21-17)18-16(22-15)12-6-4-3-5-7-12/h3-7H,2,8-11H2,1H3,(H,19,20). The van der Waals surface area contributed by atoms with Gasteiger partial charge in [0.25, 0.3) is 0 Å². The third-order valence-corrected chi connectivity index (χ3v) is 5.27. The summed E-state index contributed by atoms with van der Waals surface area (Å²) in [5.74, 6) is -0.823. The number of rotatable bonds is 5. The summed E-state index contributed by atoms with van der Waals surface area (Å²) in [6.07, 6.45) is 2.35. The van der Waals surface area contributed by atoms with Crippen molar-refractivity contribution in [3.63, 3.8) is 0 Å². The molecule has 0 saturated carbocycles. The van der Waals surface area contributed by atoms with Gasteiger partial charge in [0.1, 0.15) is 10.6 Å². The predicted octanol–water partition coefficient (Wildman–Crippen LogP) is 3.85. The van der Waals surface area contributed by atoms with Gasteiger partial charge in [-0.1, -0.05) is 43.7 Å². The number of hydrogen-bond donors (Lipinski definition) is 1. The first-order valence-corrected chi connectivity index (χ1v) is 8.37. The molecule has 1 atom stereocenters. The van der Waals surface area contributed by atoms with Gasteiger partial charge in [0.15, 0.2) is 0 Å². The first-order chi connectivity index (χ1) is 10.6. The molecule has 0 saturated heterocycles. The van der Waals surface area contributed by atoms with Crippen LogP contribution < -0.4 is 0 Å². The average Bonchev–Trinajstić information content (AvgIpc) is 2.94. The number of carboxylic acid groups (broad SMARTS) is 1. The molecule has 1 aromatic heterocycles. The fraction of sp³-hybridized carbons (Fsp3) is 0.412. The van der Waals surface area contributed by atoms with Crippen LogP contribution >= 0.6 is 11.3 Å². The molecule has 0 radical (unpaired) electrons. The van der Waals surface area contributed by atoms with Crippen LogP contribution in [0.1, 0.15) is 36.8 Å². The first kappa shape index (κ1) is 15.2. The smallest absolute Gasteiger partial charge is 0.306 e. The van der Waals surface area contributed by atoms with Crippen molar-refractivity contribution in [2.24, 2.45) is 0 Å². The van der Waals surface area contributed by atoms with E-state index in [4.69, 9.17) is 9.72 Å². The maximum absolute atomic E-state index is 11.3. The van der Waals surface area contributed by atoms with Gasteiger partial charge in [0, 0.05) is 12.0 Å². The molecule has 0 spiro atoms. The van der Waals surface area contributed by atoms with E-state index in [2.05, 4.69) is 6.92 Å². The highest BCUT2D eigenvalue weighted by Crippen LogP contribution is 2.45. The van der Waals surface area contributed by atoms with E-state index < -0.39 is 11.6 Å². The molecular weight excluding hydrogens is 298 g/mol. The second kappa shape index (κ2) is 6.18. The lowest BCUT2D eigenvalue weighted by molar-refractivity contribution is -0.148. The molecule has 2 heterocycles. The van der Waals surface area contributed by atoms with Gasteiger partial charge >= 0.3 is 5.97 Å². The lowest BCUT2D eigenvalue weighted by Gasteiger charge is -2.35. The Morgan fingerprint density at radius 3 is 2.86 bits per heavy atom. The van der Waals surface area contributed by atoms with Gasteiger partial charge in [-0.2, -0.15) is 0 Å². The van der Waals surface area contributed by atoms with Crippen molar-refractivity contribution >= 4 is 17.3 Å². The van der Waals surface area contributed by atoms with Crippen LogP contribution in [0.4, 0.5) is 0 Å². The number of carboxylic acids is 1. The summed E-state index contributed by atoms with van der Waals surface area (Å²) in [5, 5.41) is 10.3. The zero-order valence-corrected chi connectivity index (χ0v) is 13.4. The lowest BCUT2D eigenvalue weighted by Crippen LogP contribution is -2.36. The lowest BCUT2D eigenvalue weighted by atomic mass is 9.88. The highest BCUT2D eigenvalue weighted by molar-refractivity contribution is 7.15. The van der Waals surface area contributed by atoms with Gasteiger partial charge in [-0.05, 0) is 6.42 Å². The van der Waals surface area contributed by atoms with Crippen molar-refractivity contribution in [2.75, 3.05) is 6.61 Å². The van der Waals surface area contributed by atoms with Crippen LogP contribution in [0.5, 0.6) is 0 Å². The van der Waals surface area contributed by atoms with Gasteiger partial charge in [-0.3, -0.25) is 4.79 Å². The van der Waals surface area contributed by atoms with E-state index in [0.717, 1.165) is 34.0 Å². The van der Waals surface area contributed by atoms with Crippen LogP contribution in [-0.2, 0) is 21.6 Å². The zero-order chi connectivity index (χ0) is 15.6. The Balaban J connectivity index is 2.05. The Morgan fingerprint density at radius 1 is 1.41 bits per heavy atom. The summed E-state index contributed by atoms with van der Waals surface area (Å²) in [6, 6.07) is 10.0. The molecule has 22 heavy (non-hydrogen) atoms. The van der Waals surface area contributed by atoms with Crippen LogP contribution in [0, 0.1) is 0 Å². The van der Waals surface area contributed by atoms with Crippen LogP contribution in [0.15, 0.2) is 30.3 Å². The van der Waals surface area contributed by atoms with E-state index >= 15 is 0 Å². The number of ether oxygens (including phenoxy) is 1. The molecule has 0 bridgehead atoms. The van der Waals surface area contributed by atoms with Gasteiger partial charge in [0.2, 0.25) is 0 Å². The summed E-state index contributed by atoms with van der Waals surface area (Å²) in [5.41, 5.74) is 1.37. The zero-order valence-electron chi connectivity index (χ0n) is 12.5. The van der Waals surface area contributed by atoms with E-state index in [0.29, 0.717) is 13.0 Å². The molecule has 1 aliphatic rings. The summed E-state index contributed by atoms with van der Waals surface area (Å²) in [6.45, 7) is 2.60. The molecule has 1 N–H and O–H groups in total. The molecule has 0 amide bonds. The second-order valence-corrected chi connectivity index (χ2v) is 6.57. The Kier molecular flexibility index (Phi) is 4.27. The van der Waals surface area contributed by atoms with Gasteiger partial charge in [-0.25, -0.2) is 4.98 Å². The molecule has 5 heteroatoms. The molecule has 1 aromatic carbocycles. The van der Waals surface area contributed by atoms with E-state index in [-0.39, 0.29) is 6.42 Å². The molecule has 0 fully saturated rings. The van der Waals surface area contributed by atoms with E-state index in [1.807, 2.05) is 30.3 Å². The SMILES string of the molecule is CCCC1(CC(=O)O)OCCc2nc(-c3ccccc3)sc21. The molecular formula is C17H19NO3S. The van der Waals surface area contributed by atoms with Crippen LogP contribution in [0.2, 0.25) is 0 Å². The van der Waals surface area contributed by atoms with E-state index in [1.165, 1.54) is 0 Å². The fourth-order valence-electron chi connectivity index (χ4n) is 3.04. The molecule has 1 aliphatic heterocycles. The number of hydrogen-bond acceptors (Lipinski definition) is 4. The minimum Gasteiger partial charge on any atom is -0.481 e. The summed E-state index contributed by atoms with van der Waals surface area (Å²) in [7, 11) is 0. The third kappa shape index (κ3) is 2.78. The van der Waals surface area contributed by atoms with Crippen molar-refractivity contribution in [2.45, 2.75) is 38.2 Å².